The molecule has 0 saturated carbocycles. The Bertz CT molecular complexity index is 727. The van der Waals surface area contributed by atoms with Crippen molar-refractivity contribution in [3.05, 3.63) is 51.9 Å². The van der Waals surface area contributed by atoms with Crippen molar-refractivity contribution in [2.45, 2.75) is 6.92 Å². The maximum atomic E-state index is 14.4. The molecule has 0 spiro atoms. The first-order chi connectivity index (χ1) is 9.41. The molecule has 2 aromatic rings. The molecule has 0 amide bonds. The van der Waals surface area contributed by atoms with Crippen LogP contribution < -0.4 is 10.7 Å². The van der Waals surface area contributed by atoms with E-state index in [0.29, 0.717) is 5.56 Å². The smallest absolute Gasteiger partial charge is 0.358 e. The van der Waals surface area contributed by atoms with Crippen LogP contribution in [-0.2, 0) is 7.05 Å². The van der Waals surface area contributed by atoms with E-state index in [1.165, 1.54) is 13.1 Å². The number of carboxylic acids is 1. The Kier molecular flexibility index (Phi) is 3.51. The quantitative estimate of drug-likeness (QED) is 0.866. The summed E-state index contributed by atoms with van der Waals surface area (Å²) in [6, 6.07) is 7.41. The van der Waals surface area contributed by atoms with E-state index in [2.05, 4.69) is 5.10 Å². The highest BCUT2D eigenvalue weighted by atomic mass is 19.2. The van der Waals surface area contributed by atoms with E-state index >= 15 is 0 Å². The fraction of sp³-hybridized carbons (Fsp3) is 0.154. The number of nitrogens with zero attached hydrogens (tertiary/aromatic N) is 3. The van der Waals surface area contributed by atoms with Crippen LogP contribution in [0.4, 0.5) is 15.9 Å². The van der Waals surface area contributed by atoms with E-state index in [0.717, 1.165) is 10.7 Å². The van der Waals surface area contributed by atoms with Crippen LogP contribution in [0, 0.1) is 6.92 Å². The molecular weight excluding hydrogens is 265 g/mol. The lowest BCUT2D eigenvalue weighted by Gasteiger charge is -2.17. The third-order valence-corrected chi connectivity index (χ3v) is 2.81. The van der Waals surface area contributed by atoms with Crippen molar-refractivity contribution in [3.63, 3.8) is 0 Å². The lowest BCUT2D eigenvalue weighted by atomic mass is 10.2. The molecule has 0 atom stereocenters. The highest BCUT2D eigenvalue weighted by Crippen LogP contribution is 2.29. The Morgan fingerprint density at radius 2 is 2.00 bits per heavy atom. The zero-order valence-electron chi connectivity index (χ0n) is 10.9. The van der Waals surface area contributed by atoms with Gasteiger partial charge in [0.1, 0.15) is 5.69 Å². The molecule has 20 heavy (non-hydrogen) atoms. The molecule has 2 rings (SSSR count). The minimum absolute atomic E-state index is 0.157. The summed E-state index contributed by atoms with van der Waals surface area (Å²) in [5.74, 6) is -1.41. The molecule has 1 heterocycles. The topological polar surface area (TPSA) is 75.4 Å². The molecular formula is C13H12FN3O3. The fourth-order valence-electron chi connectivity index (χ4n) is 1.74. The van der Waals surface area contributed by atoms with Crippen LogP contribution in [0.2, 0.25) is 0 Å². The van der Waals surface area contributed by atoms with E-state index in [1.807, 2.05) is 0 Å². The van der Waals surface area contributed by atoms with Gasteiger partial charge in [0.2, 0.25) is 0 Å². The second-order valence-electron chi connectivity index (χ2n) is 4.21. The highest BCUT2D eigenvalue weighted by molar-refractivity contribution is 5.92. The first-order valence-electron chi connectivity index (χ1n) is 5.75. The number of hydrogen-bond donors (Lipinski definition) is 1. The maximum absolute atomic E-state index is 14.4. The van der Waals surface area contributed by atoms with E-state index in [9.17, 15) is 14.1 Å². The Morgan fingerprint density at radius 1 is 1.35 bits per heavy atom. The molecule has 7 heteroatoms. The Morgan fingerprint density at radius 3 is 2.60 bits per heavy atom. The SMILES string of the molecule is Cc1ccccc1N(F)c1cc(=O)n(C)nc1C(=O)O. The second-order valence-corrected chi connectivity index (χ2v) is 4.21. The van der Waals surface area contributed by atoms with Crippen LogP contribution in [0.1, 0.15) is 16.1 Å². The third-order valence-electron chi connectivity index (χ3n) is 2.81. The van der Waals surface area contributed by atoms with Crippen LogP contribution in [0.3, 0.4) is 0 Å². The van der Waals surface area contributed by atoms with E-state index in [-0.39, 0.29) is 10.8 Å². The summed E-state index contributed by atoms with van der Waals surface area (Å²) in [5, 5.41) is 12.8. The molecule has 1 aromatic carbocycles. The summed E-state index contributed by atoms with van der Waals surface area (Å²) in [5.41, 5.74) is -0.758. The van der Waals surface area contributed by atoms with Gasteiger partial charge in [-0.1, -0.05) is 22.7 Å². The van der Waals surface area contributed by atoms with E-state index < -0.39 is 22.9 Å². The van der Waals surface area contributed by atoms with Crippen LogP contribution >= 0.6 is 0 Å². The van der Waals surface area contributed by atoms with Crippen molar-refractivity contribution < 1.29 is 14.4 Å². The van der Waals surface area contributed by atoms with Crippen LogP contribution in [-0.4, -0.2) is 20.9 Å². The minimum Gasteiger partial charge on any atom is -0.476 e. The van der Waals surface area contributed by atoms with Crippen molar-refractivity contribution in [3.8, 4) is 0 Å². The molecule has 104 valence electrons. The molecule has 0 aliphatic carbocycles. The predicted octanol–water partition coefficient (Wildman–Crippen LogP) is 1.81. The molecule has 0 aliphatic rings. The van der Waals surface area contributed by atoms with Gasteiger partial charge in [-0.25, -0.2) is 9.48 Å². The summed E-state index contributed by atoms with van der Waals surface area (Å²) < 4.78 is 15.3. The van der Waals surface area contributed by atoms with Crippen LogP contribution in [0.15, 0.2) is 35.1 Å². The molecule has 1 N–H and O–H groups in total. The lowest BCUT2D eigenvalue weighted by Crippen LogP contribution is -2.25. The normalized spacial score (nSPS) is 10.3. The van der Waals surface area contributed by atoms with Gasteiger partial charge in [-0.15, -0.1) is 0 Å². The van der Waals surface area contributed by atoms with Crippen molar-refractivity contribution >= 4 is 17.3 Å². The maximum Gasteiger partial charge on any atom is 0.358 e. The van der Waals surface area contributed by atoms with Gasteiger partial charge in [0, 0.05) is 13.1 Å². The molecule has 0 saturated heterocycles. The highest BCUT2D eigenvalue weighted by Gasteiger charge is 2.22. The van der Waals surface area contributed by atoms with Gasteiger partial charge in [0.05, 0.1) is 5.69 Å². The average Bonchev–Trinajstić information content (AvgIpc) is 2.41. The monoisotopic (exact) mass is 277 g/mol. The van der Waals surface area contributed by atoms with Crippen LogP contribution in [0.5, 0.6) is 0 Å². The number of aromatic nitrogens is 2. The summed E-state index contributed by atoms with van der Waals surface area (Å²) in [7, 11) is 1.30. The molecule has 0 unspecified atom stereocenters. The number of rotatable bonds is 3. The van der Waals surface area contributed by atoms with Crippen LogP contribution in [0.25, 0.3) is 0 Å². The standard InChI is InChI=1S/C13H12FN3O3/c1-8-5-3-4-6-9(8)17(14)10-7-11(18)16(2)15-12(10)13(19)20/h3-7H,1-2H3,(H,19,20). The number of aromatic carboxylic acids is 1. The van der Waals surface area contributed by atoms with E-state index in [4.69, 9.17) is 5.11 Å². The van der Waals surface area contributed by atoms with Gasteiger partial charge in [-0.3, -0.25) is 4.79 Å². The minimum atomic E-state index is -1.41. The Balaban J connectivity index is 2.63. The fourth-order valence-corrected chi connectivity index (χ4v) is 1.74. The first kappa shape index (κ1) is 13.7. The third kappa shape index (κ3) is 2.37. The number of aryl methyl sites for hydroxylation is 2. The first-order valence-corrected chi connectivity index (χ1v) is 5.75. The molecule has 0 aliphatic heterocycles. The predicted molar refractivity (Wildman–Crippen MR) is 70.9 cm³/mol. The van der Waals surface area contributed by atoms with E-state index in [1.54, 1.807) is 25.1 Å². The average molecular weight is 277 g/mol. The second kappa shape index (κ2) is 5.12. The molecule has 0 bridgehead atoms. The van der Waals surface area contributed by atoms with Gasteiger partial charge >= 0.3 is 5.97 Å². The largest absolute Gasteiger partial charge is 0.476 e. The Hall–Kier alpha value is -2.70. The zero-order valence-corrected chi connectivity index (χ0v) is 10.9. The van der Waals surface area contributed by atoms with Gasteiger partial charge < -0.3 is 5.11 Å². The van der Waals surface area contributed by atoms with Crippen molar-refractivity contribution in [2.24, 2.45) is 7.05 Å². The number of carboxylic acid groups (broad SMARTS) is 1. The lowest BCUT2D eigenvalue weighted by molar-refractivity contribution is 0.0688. The zero-order chi connectivity index (χ0) is 14.9. The number of anilines is 2. The molecule has 6 nitrogen and oxygen atoms in total. The Labute approximate surface area is 113 Å². The summed E-state index contributed by atoms with van der Waals surface area (Å²) in [4.78, 5) is 22.7. The number of benzene rings is 1. The molecule has 1 aromatic heterocycles. The van der Waals surface area contributed by atoms with Crippen molar-refractivity contribution in [1.29, 1.82) is 0 Å². The van der Waals surface area contributed by atoms with Gasteiger partial charge in [0.25, 0.3) is 5.56 Å². The summed E-state index contributed by atoms with van der Waals surface area (Å²) in [6.07, 6.45) is 0. The van der Waals surface area contributed by atoms with Crippen molar-refractivity contribution in [1.82, 2.24) is 9.78 Å². The number of halogens is 1. The summed E-state index contributed by atoms with van der Waals surface area (Å²) >= 11 is 0. The molecule has 0 fully saturated rings. The number of carbonyl (C=O) groups is 1. The van der Waals surface area contributed by atoms with Crippen molar-refractivity contribution in [2.75, 3.05) is 5.12 Å². The number of hydrogen-bond acceptors (Lipinski definition) is 4. The van der Waals surface area contributed by atoms with Gasteiger partial charge in [-0.2, -0.15) is 10.2 Å². The summed E-state index contributed by atoms with van der Waals surface area (Å²) in [6.45, 7) is 1.68. The molecule has 0 radical (unpaired) electrons. The van der Waals surface area contributed by atoms with Gasteiger partial charge in [-0.05, 0) is 18.6 Å². The van der Waals surface area contributed by atoms with Gasteiger partial charge in [0.15, 0.2) is 5.69 Å². The number of para-hydroxylation sites is 1.